The van der Waals surface area contributed by atoms with Crippen molar-refractivity contribution >= 4 is 5.82 Å². The summed E-state index contributed by atoms with van der Waals surface area (Å²) >= 11 is 0. The maximum atomic E-state index is 9.85. The van der Waals surface area contributed by atoms with Crippen molar-refractivity contribution in [3.05, 3.63) is 17.6 Å². The lowest BCUT2D eigenvalue weighted by Crippen LogP contribution is -2.40. The Morgan fingerprint density at radius 1 is 1.16 bits per heavy atom. The Morgan fingerprint density at radius 2 is 1.84 bits per heavy atom. The highest BCUT2D eigenvalue weighted by atomic mass is 16.3. The Bertz CT molecular complexity index is 573. The summed E-state index contributed by atoms with van der Waals surface area (Å²) in [7, 11) is 0. The van der Waals surface area contributed by atoms with Crippen LogP contribution in [0.15, 0.2) is 6.07 Å². The van der Waals surface area contributed by atoms with E-state index in [0.717, 1.165) is 62.9 Å². The Morgan fingerprint density at radius 3 is 2.48 bits per heavy atom. The van der Waals surface area contributed by atoms with E-state index in [2.05, 4.69) is 39.7 Å². The summed E-state index contributed by atoms with van der Waals surface area (Å²) in [6, 6.07) is 2.10. The van der Waals surface area contributed by atoms with Crippen LogP contribution in [-0.4, -0.2) is 70.5 Å². The van der Waals surface area contributed by atoms with Crippen molar-refractivity contribution in [1.82, 2.24) is 14.9 Å². The van der Waals surface area contributed by atoms with E-state index in [-0.39, 0.29) is 18.6 Å². The van der Waals surface area contributed by atoms with Crippen molar-refractivity contribution < 1.29 is 10.2 Å². The zero-order valence-electron chi connectivity index (χ0n) is 15.7. The molecule has 0 aromatic carbocycles. The molecule has 0 saturated carbocycles. The first-order valence-electron chi connectivity index (χ1n) is 9.58. The number of piperidine rings is 1. The molecule has 1 aromatic heterocycles. The van der Waals surface area contributed by atoms with E-state index in [1.54, 1.807) is 0 Å². The van der Waals surface area contributed by atoms with E-state index in [9.17, 15) is 10.2 Å². The Labute approximate surface area is 150 Å². The highest BCUT2D eigenvalue weighted by Crippen LogP contribution is 2.29. The molecule has 0 spiro atoms. The third kappa shape index (κ3) is 4.49. The van der Waals surface area contributed by atoms with Gasteiger partial charge in [-0.2, -0.15) is 0 Å². The number of nitrogens with zero attached hydrogens (tertiary/aromatic N) is 4. The summed E-state index contributed by atoms with van der Waals surface area (Å²) in [4.78, 5) is 13.9. The normalized spacial score (nSPS) is 25.9. The second-order valence-corrected chi connectivity index (χ2v) is 7.99. The van der Waals surface area contributed by atoms with Crippen LogP contribution in [0.5, 0.6) is 0 Å². The van der Waals surface area contributed by atoms with Gasteiger partial charge in [-0.15, -0.1) is 0 Å². The summed E-state index contributed by atoms with van der Waals surface area (Å²) in [5.74, 6) is 2.91. The molecule has 0 unspecified atom stereocenters. The molecule has 0 radical (unpaired) electrons. The van der Waals surface area contributed by atoms with Crippen molar-refractivity contribution in [2.24, 2.45) is 11.8 Å². The fourth-order valence-corrected chi connectivity index (χ4v) is 4.01. The van der Waals surface area contributed by atoms with E-state index in [0.29, 0.717) is 11.8 Å². The molecule has 2 aliphatic heterocycles. The number of aryl methyl sites for hydroxylation is 1. The average Bonchev–Trinajstić information content (AvgIpc) is 2.99. The number of anilines is 1. The Balaban J connectivity index is 1.68. The fraction of sp³-hybridized carbons (Fsp3) is 0.789. The van der Waals surface area contributed by atoms with Crippen LogP contribution in [0.2, 0.25) is 0 Å². The van der Waals surface area contributed by atoms with Crippen LogP contribution in [0.3, 0.4) is 0 Å². The SMILES string of the molecule is Cc1nc(C(C)C)cc(N2C[C@@H](CO)[C@@H](CN3CCC(O)CC3)C2)n1. The van der Waals surface area contributed by atoms with Crippen molar-refractivity contribution in [2.45, 2.75) is 45.6 Å². The minimum atomic E-state index is -0.136. The molecular weight excluding hydrogens is 316 g/mol. The van der Waals surface area contributed by atoms with Gasteiger partial charge in [0.2, 0.25) is 0 Å². The van der Waals surface area contributed by atoms with E-state index >= 15 is 0 Å². The molecule has 3 rings (SSSR count). The third-order valence-corrected chi connectivity index (χ3v) is 5.62. The first-order chi connectivity index (χ1) is 12.0. The second kappa shape index (κ2) is 7.98. The molecule has 140 valence electrons. The molecule has 2 aliphatic rings. The van der Waals surface area contributed by atoms with Crippen LogP contribution in [0, 0.1) is 18.8 Å². The lowest BCUT2D eigenvalue weighted by molar-refractivity contribution is 0.0687. The number of hydrogen-bond donors (Lipinski definition) is 2. The molecule has 0 aliphatic carbocycles. The van der Waals surface area contributed by atoms with Gasteiger partial charge in [0.05, 0.1) is 6.10 Å². The zero-order valence-corrected chi connectivity index (χ0v) is 15.7. The van der Waals surface area contributed by atoms with Crippen molar-refractivity contribution in [3.63, 3.8) is 0 Å². The molecule has 1 aromatic rings. The molecule has 6 heteroatoms. The number of rotatable bonds is 5. The highest BCUT2D eigenvalue weighted by Gasteiger charge is 2.35. The molecule has 2 N–H and O–H groups in total. The maximum Gasteiger partial charge on any atom is 0.132 e. The van der Waals surface area contributed by atoms with Crippen molar-refractivity contribution in [3.8, 4) is 0 Å². The summed E-state index contributed by atoms with van der Waals surface area (Å²) in [5.41, 5.74) is 1.08. The van der Waals surface area contributed by atoms with Gasteiger partial charge in [-0.05, 0) is 31.6 Å². The first-order valence-corrected chi connectivity index (χ1v) is 9.58. The highest BCUT2D eigenvalue weighted by molar-refractivity contribution is 5.42. The monoisotopic (exact) mass is 348 g/mol. The molecule has 3 heterocycles. The van der Waals surface area contributed by atoms with Gasteiger partial charge in [0.15, 0.2) is 0 Å². The van der Waals surface area contributed by atoms with E-state index < -0.39 is 0 Å². The van der Waals surface area contributed by atoms with Gasteiger partial charge in [0.25, 0.3) is 0 Å². The third-order valence-electron chi connectivity index (χ3n) is 5.62. The first kappa shape index (κ1) is 18.5. The Kier molecular flexibility index (Phi) is 5.92. The van der Waals surface area contributed by atoms with Gasteiger partial charge in [0, 0.05) is 57.0 Å². The van der Waals surface area contributed by atoms with Crippen LogP contribution >= 0.6 is 0 Å². The Hall–Kier alpha value is -1.24. The van der Waals surface area contributed by atoms with E-state index in [1.807, 2.05) is 6.92 Å². The molecule has 0 bridgehead atoms. The number of aliphatic hydroxyl groups is 2. The van der Waals surface area contributed by atoms with Gasteiger partial charge in [-0.25, -0.2) is 9.97 Å². The lowest BCUT2D eigenvalue weighted by atomic mass is 9.95. The van der Waals surface area contributed by atoms with Crippen LogP contribution in [0.25, 0.3) is 0 Å². The van der Waals surface area contributed by atoms with Crippen LogP contribution < -0.4 is 4.90 Å². The van der Waals surface area contributed by atoms with Gasteiger partial charge >= 0.3 is 0 Å². The quantitative estimate of drug-likeness (QED) is 0.838. The largest absolute Gasteiger partial charge is 0.396 e. The lowest BCUT2D eigenvalue weighted by Gasteiger charge is -2.32. The van der Waals surface area contributed by atoms with Crippen LogP contribution in [0.4, 0.5) is 5.82 Å². The fourth-order valence-electron chi connectivity index (χ4n) is 4.01. The van der Waals surface area contributed by atoms with Gasteiger partial charge in [-0.1, -0.05) is 13.8 Å². The van der Waals surface area contributed by atoms with Crippen LogP contribution in [0.1, 0.15) is 44.1 Å². The minimum absolute atomic E-state index is 0.136. The predicted molar refractivity (Wildman–Crippen MR) is 98.8 cm³/mol. The molecule has 2 atom stereocenters. The number of aliphatic hydroxyl groups excluding tert-OH is 2. The second-order valence-electron chi connectivity index (χ2n) is 7.99. The van der Waals surface area contributed by atoms with Crippen molar-refractivity contribution in [2.75, 3.05) is 44.2 Å². The summed E-state index contributed by atoms with van der Waals surface area (Å²) < 4.78 is 0. The minimum Gasteiger partial charge on any atom is -0.396 e. The standard InChI is InChI=1S/C19H32N4O2/c1-13(2)18-8-19(21-14(3)20-18)23-10-15(16(11-23)12-24)9-22-6-4-17(25)5-7-22/h8,13,15-17,24-25H,4-7,9-12H2,1-3H3/t15-,16-/m0/s1. The summed E-state index contributed by atoms with van der Waals surface area (Å²) in [5, 5.41) is 19.5. The van der Waals surface area contributed by atoms with Gasteiger partial charge < -0.3 is 20.0 Å². The van der Waals surface area contributed by atoms with Crippen LogP contribution in [-0.2, 0) is 0 Å². The molecule has 2 fully saturated rings. The summed E-state index contributed by atoms with van der Waals surface area (Å²) in [6.07, 6.45) is 1.59. The molecule has 25 heavy (non-hydrogen) atoms. The van der Waals surface area contributed by atoms with Gasteiger partial charge in [0.1, 0.15) is 11.6 Å². The molecule has 2 saturated heterocycles. The number of likely N-dealkylation sites (tertiary alicyclic amines) is 1. The molecule has 6 nitrogen and oxygen atoms in total. The molecular formula is C19H32N4O2. The maximum absolute atomic E-state index is 9.85. The topological polar surface area (TPSA) is 72.7 Å². The van der Waals surface area contributed by atoms with Crippen molar-refractivity contribution in [1.29, 1.82) is 0 Å². The smallest absolute Gasteiger partial charge is 0.132 e. The zero-order chi connectivity index (χ0) is 18.0. The van der Waals surface area contributed by atoms with E-state index in [4.69, 9.17) is 0 Å². The summed E-state index contributed by atoms with van der Waals surface area (Å²) in [6.45, 7) is 11.2. The number of aromatic nitrogens is 2. The van der Waals surface area contributed by atoms with E-state index in [1.165, 1.54) is 0 Å². The predicted octanol–water partition coefficient (Wildman–Crippen LogP) is 1.41. The van der Waals surface area contributed by atoms with Gasteiger partial charge in [-0.3, -0.25) is 0 Å². The average molecular weight is 348 g/mol. The molecule has 0 amide bonds. The number of hydrogen-bond acceptors (Lipinski definition) is 6.